The van der Waals surface area contributed by atoms with Crippen molar-refractivity contribution >= 4 is 17.7 Å². The number of nitrogens with two attached hydrogens (primary N) is 1. The number of carbonyl (C=O) groups is 1. The third-order valence-corrected chi connectivity index (χ3v) is 4.52. The molecule has 1 saturated carbocycles. The van der Waals surface area contributed by atoms with E-state index < -0.39 is 5.54 Å². The summed E-state index contributed by atoms with van der Waals surface area (Å²) in [7, 11) is 0. The first kappa shape index (κ1) is 14.4. The molecule has 2 N–H and O–H groups in total. The predicted octanol–water partition coefficient (Wildman–Crippen LogP) is 2.22. The molecule has 0 amide bonds. The molecule has 0 aliphatic heterocycles. The van der Waals surface area contributed by atoms with Gasteiger partial charge in [-0.1, -0.05) is 18.2 Å². The zero-order valence-electron chi connectivity index (χ0n) is 11.1. The largest absolute Gasteiger partial charge is 0.465 e. The quantitative estimate of drug-likeness (QED) is 0.637. The first-order chi connectivity index (χ1) is 9.16. The van der Waals surface area contributed by atoms with Crippen LogP contribution in [0.15, 0.2) is 22.1 Å². The minimum atomic E-state index is -0.798. The van der Waals surface area contributed by atoms with Crippen molar-refractivity contribution in [3.63, 3.8) is 0 Å². The van der Waals surface area contributed by atoms with Crippen molar-refractivity contribution in [1.82, 2.24) is 4.98 Å². The minimum Gasteiger partial charge on any atom is -0.465 e. The number of esters is 1. The molecule has 2 atom stereocenters. The SMILES string of the molecule is CCOC(=O)C1(N)CCCC1CCSc1ncco1. The number of thioether (sulfide) groups is 1. The second kappa shape index (κ2) is 6.43. The maximum absolute atomic E-state index is 12.0. The average Bonchev–Trinajstić information content (AvgIpc) is 3.01. The number of ether oxygens (including phenoxy) is 1. The smallest absolute Gasteiger partial charge is 0.326 e. The van der Waals surface area contributed by atoms with Gasteiger partial charge in [0.15, 0.2) is 0 Å². The van der Waals surface area contributed by atoms with E-state index >= 15 is 0 Å². The van der Waals surface area contributed by atoms with E-state index in [0.29, 0.717) is 11.8 Å². The number of rotatable bonds is 6. The summed E-state index contributed by atoms with van der Waals surface area (Å²) in [5, 5.41) is 0.664. The Kier molecular flexibility index (Phi) is 4.87. The normalized spacial score (nSPS) is 26.5. The van der Waals surface area contributed by atoms with Gasteiger partial charge in [-0.25, -0.2) is 4.98 Å². The Morgan fingerprint density at radius 1 is 1.74 bits per heavy atom. The van der Waals surface area contributed by atoms with Crippen molar-refractivity contribution in [3.05, 3.63) is 12.5 Å². The molecule has 1 aliphatic rings. The number of carbonyl (C=O) groups excluding carboxylic acids is 1. The Bertz CT molecular complexity index is 410. The van der Waals surface area contributed by atoms with Gasteiger partial charge in [-0.15, -0.1) is 0 Å². The van der Waals surface area contributed by atoms with Gasteiger partial charge in [0.1, 0.15) is 11.8 Å². The first-order valence-corrected chi connectivity index (χ1v) is 7.63. The highest BCUT2D eigenvalue weighted by Gasteiger charge is 2.46. The molecule has 5 nitrogen and oxygen atoms in total. The fourth-order valence-electron chi connectivity index (χ4n) is 2.61. The summed E-state index contributed by atoms with van der Waals surface area (Å²) in [6.45, 7) is 2.19. The van der Waals surface area contributed by atoms with E-state index in [-0.39, 0.29) is 11.9 Å². The maximum atomic E-state index is 12.0. The van der Waals surface area contributed by atoms with Crippen molar-refractivity contribution in [2.75, 3.05) is 12.4 Å². The third-order valence-electron chi connectivity index (χ3n) is 3.63. The monoisotopic (exact) mass is 284 g/mol. The summed E-state index contributed by atoms with van der Waals surface area (Å²) in [6.07, 6.45) is 6.77. The van der Waals surface area contributed by atoms with Crippen LogP contribution in [0.4, 0.5) is 0 Å². The Morgan fingerprint density at radius 3 is 3.26 bits per heavy atom. The Labute approximate surface area is 117 Å². The van der Waals surface area contributed by atoms with Crippen LogP contribution in [0.2, 0.25) is 0 Å². The van der Waals surface area contributed by atoms with Crippen molar-refractivity contribution in [2.24, 2.45) is 11.7 Å². The molecule has 106 valence electrons. The summed E-state index contributed by atoms with van der Waals surface area (Å²) in [6, 6.07) is 0. The number of oxazole rings is 1. The molecule has 0 aromatic carbocycles. The van der Waals surface area contributed by atoms with Gasteiger partial charge in [0, 0.05) is 5.75 Å². The fourth-order valence-corrected chi connectivity index (χ4v) is 3.44. The highest BCUT2D eigenvalue weighted by molar-refractivity contribution is 7.99. The Balaban J connectivity index is 1.86. The molecule has 0 radical (unpaired) electrons. The molecule has 0 saturated heterocycles. The summed E-state index contributed by atoms with van der Waals surface area (Å²) >= 11 is 1.55. The second-order valence-electron chi connectivity index (χ2n) is 4.79. The second-order valence-corrected chi connectivity index (χ2v) is 5.83. The molecule has 1 aromatic rings. The molecule has 2 rings (SSSR count). The lowest BCUT2D eigenvalue weighted by molar-refractivity contribution is -0.151. The molecular formula is C13H20N2O3S. The lowest BCUT2D eigenvalue weighted by atomic mass is 9.86. The lowest BCUT2D eigenvalue weighted by Gasteiger charge is -2.28. The van der Waals surface area contributed by atoms with Crippen molar-refractivity contribution in [3.8, 4) is 0 Å². The zero-order valence-corrected chi connectivity index (χ0v) is 11.9. The summed E-state index contributed by atoms with van der Waals surface area (Å²) < 4.78 is 10.3. The van der Waals surface area contributed by atoms with Crippen LogP contribution in [0, 0.1) is 5.92 Å². The van der Waals surface area contributed by atoms with Gasteiger partial charge in [0.2, 0.25) is 0 Å². The van der Waals surface area contributed by atoms with Gasteiger partial charge < -0.3 is 14.9 Å². The zero-order chi connectivity index (χ0) is 13.7. The Hall–Kier alpha value is -1.01. The molecule has 1 aliphatic carbocycles. The fraction of sp³-hybridized carbons (Fsp3) is 0.692. The highest BCUT2D eigenvalue weighted by atomic mass is 32.2. The van der Waals surface area contributed by atoms with E-state index in [1.54, 1.807) is 24.2 Å². The molecule has 0 bridgehead atoms. The lowest BCUT2D eigenvalue weighted by Crippen LogP contribution is -2.52. The van der Waals surface area contributed by atoms with E-state index in [1.807, 2.05) is 6.92 Å². The molecule has 0 spiro atoms. The van der Waals surface area contributed by atoms with E-state index in [2.05, 4.69) is 4.98 Å². The average molecular weight is 284 g/mol. The maximum Gasteiger partial charge on any atom is 0.326 e. The summed E-state index contributed by atoms with van der Waals surface area (Å²) in [4.78, 5) is 16.0. The number of aromatic nitrogens is 1. The molecular weight excluding hydrogens is 264 g/mol. The molecule has 2 unspecified atom stereocenters. The van der Waals surface area contributed by atoms with Crippen LogP contribution in [-0.2, 0) is 9.53 Å². The van der Waals surface area contributed by atoms with Gasteiger partial charge in [0.05, 0.1) is 12.8 Å². The topological polar surface area (TPSA) is 78.4 Å². The molecule has 19 heavy (non-hydrogen) atoms. The van der Waals surface area contributed by atoms with E-state index in [0.717, 1.165) is 31.4 Å². The van der Waals surface area contributed by atoms with Crippen LogP contribution in [0.25, 0.3) is 0 Å². The number of nitrogens with zero attached hydrogens (tertiary/aromatic N) is 1. The standard InChI is InChI=1S/C13H20N2O3S/c1-2-17-11(16)13(14)6-3-4-10(13)5-9-19-12-15-7-8-18-12/h7-8,10H,2-6,9,14H2,1H3. The number of hydrogen-bond acceptors (Lipinski definition) is 6. The van der Waals surface area contributed by atoms with E-state index in [4.69, 9.17) is 14.9 Å². The molecule has 1 heterocycles. The molecule has 1 fully saturated rings. The van der Waals surface area contributed by atoms with E-state index in [9.17, 15) is 4.79 Å². The van der Waals surface area contributed by atoms with Crippen LogP contribution in [0.1, 0.15) is 32.6 Å². The number of hydrogen-bond donors (Lipinski definition) is 1. The van der Waals surface area contributed by atoms with Crippen LogP contribution in [0.3, 0.4) is 0 Å². The van der Waals surface area contributed by atoms with Gasteiger partial charge >= 0.3 is 5.97 Å². The highest BCUT2D eigenvalue weighted by Crippen LogP contribution is 2.38. The molecule has 1 aromatic heterocycles. The minimum absolute atomic E-state index is 0.189. The van der Waals surface area contributed by atoms with Crippen molar-refractivity contribution in [1.29, 1.82) is 0 Å². The van der Waals surface area contributed by atoms with Gasteiger partial charge in [-0.05, 0) is 32.1 Å². The van der Waals surface area contributed by atoms with Gasteiger partial charge in [-0.2, -0.15) is 0 Å². The summed E-state index contributed by atoms with van der Waals surface area (Å²) in [5.41, 5.74) is 5.47. The van der Waals surface area contributed by atoms with E-state index in [1.165, 1.54) is 0 Å². The Morgan fingerprint density at radius 2 is 2.58 bits per heavy atom. The van der Waals surface area contributed by atoms with Crippen LogP contribution in [0.5, 0.6) is 0 Å². The van der Waals surface area contributed by atoms with Gasteiger partial charge in [-0.3, -0.25) is 4.79 Å². The molecule has 6 heteroatoms. The first-order valence-electron chi connectivity index (χ1n) is 6.65. The van der Waals surface area contributed by atoms with Gasteiger partial charge in [0.25, 0.3) is 5.22 Å². The van der Waals surface area contributed by atoms with Crippen LogP contribution in [-0.4, -0.2) is 28.9 Å². The predicted molar refractivity (Wildman–Crippen MR) is 72.7 cm³/mol. The van der Waals surface area contributed by atoms with Crippen LogP contribution < -0.4 is 5.73 Å². The van der Waals surface area contributed by atoms with Crippen LogP contribution >= 0.6 is 11.8 Å². The summed E-state index contributed by atoms with van der Waals surface area (Å²) in [5.74, 6) is 0.788. The van der Waals surface area contributed by atoms with Crippen molar-refractivity contribution < 1.29 is 13.9 Å². The third kappa shape index (κ3) is 3.30. The van der Waals surface area contributed by atoms with Crippen molar-refractivity contribution in [2.45, 2.75) is 43.4 Å².